The number of nitro benzene ring substituents is 1. The fourth-order valence-electron chi connectivity index (χ4n) is 1.11. The summed E-state index contributed by atoms with van der Waals surface area (Å²) >= 11 is 0. The molecular formula is C10H11N2O2. The minimum atomic E-state index is -0.445. The lowest BCUT2D eigenvalue weighted by Crippen LogP contribution is -1.98. The summed E-state index contributed by atoms with van der Waals surface area (Å²) in [5, 5.41) is 18.0. The molecule has 73 valence electrons. The van der Waals surface area contributed by atoms with Gasteiger partial charge in [0.05, 0.1) is 4.92 Å². The van der Waals surface area contributed by atoms with Gasteiger partial charge in [-0.2, -0.15) is 0 Å². The molecule has 0 bridgehead atoms. The lowest BCUT2D eigenvalue weighted by molar-refractivity contribution is -0.384. The van der Waals surface area contributed by atoms with Crippen LogP contribution in [0, 0.1) is 21.9 Å². The van der Waals surface area contributed by atoms with Gasteiger partial charge in [0.15, 0.2) is 0 Å². The molecule has 1 aromatic rings. The zero-order chi connectivity index (χ0) is 10.6. The van der Waals surface area contributed by atoms with Gasteiger partial charge in [-0.25, -0.2) is 0 Å². The Kier molecular flexibility index (Phi) is 3.34. The highest BCUT2D eigenvalue weighted by molar-refractivity contribution is 5.98. The first-order valence-corrected chi connectivity index (χ1v) is 4.25. The van der Waals surface area contributed by atoms with Crippen LogP contribution >= 0.6 is 0 Å². The second kappa shape index (κ2) is 4.50. The van der Waals surface area contributed by atoms with Gasteiger partial charge in [0, 0.05) is 17.8 Å². The van der Waals surface area contributed by atoms with Gasteiger partial charge < -0.3 is 5.41 Å². The first kappa shape index (κ1) is 10.4. The van der Waals surface area contributed by atoms with Crippen molar-refractivity contribution in [3.63, 3.8) is 0 Å². The Morgan fingerprint density at radius 3 is 2.50 bits per heavy atom. The molecule has 0 aliphatic heterocycles. The molecule has 1 aromatic carbocycles. The molecule has 0 aliphatic rings. The minimum Gasteiger partial charge on any atom is -0.305 e. The molecule has 0 atom stereocenters. The number of benzene rings is 1. The van der Waals surface area contributed by atoms with Crippen molar-refractivity contribution < 1.29 is 4.92 Å². The first-order valence-electron chi connectivity index (χ1n) is 4.25. The molecule has 14 heavy (non-hydrogen) atoms. The Morgan fingerprint density at radius 2 is 2.07 bits per heavy atom. The summed E-state index contributed by atoms with van der Waals surface area (Å²) in [6.07, 6.45) is 2.46. The number of non-ortho nitro benzene ring substituents is 1. The van der Waals surface area contributed by atoms with Crippen LogP contribution in [0.4, 0.5) is 5.69 Å². The van der Waals surface area contributed by atoms with Crippen LogP contribution in [0.1, 0.15) is 18.9 Å². The van der Waals surface area contributed by atoms with Gasteiger partial charge in [0.25, 0.3) is 5.69 Å². The molecule has 4 heteroatoms. The highest BCUT2D eigenvalue weighted by Gasteiger charge is 2.05. The van der Waals surface area contributed by atoms with Crippen LogP contribution in [0.15, 0.2) is 24.3 Å². The summed E-state index contributed by atoms with van der Waals surface area (Å²) < 4.78 is 0. The van der Waals surface area contributed by atoms with E-state index in [1.165, 1.54) is 12.1 Å². The van der Waals surface area contributed by atoms with E-state index in [0.717, 1.165) is 5.56 Å². The van der Waals surface area contributed by atoms with Gasteiger partial charge in [-0.05, 0) is 30.5 Å². The van der Waals surface area contributed by atoms with E-state index >= 15 is 0 Å². The molecule has 1 rings (SSSR count). The van der Waals surface area contributed by atoms with E-state index < -0.39 is 4.92 Å². The Bertz CT molecular complexity index is 344. The van der Waals surface area contributed by atoms with Crippen molar-refractivity contribution in [3.05, 3.63) is 46.4 Å². The number of hydrogen-bond acceptors (Lipinski definition) is 3. The standard InChI is InChI=1S/C10H11N2O2/c1-2-3-10(11)8-4-6-9(7-5-8)12(13)14/h2,4-7,11H,3H2,1H3. The van der Waals surface area contributed by atoms with E-state index in [-0.39, 0.29) is 5.69 Å². The van der Waals surface area contributed by atoms with E-state index in [4.69, 9.17) is 5.41 Å². The fourth-order valence-corrected chi connectivity index (χ4v) is 1.11. The topological polar surface area (TPSA) is 67.0 Å². The predicted octanol–water partition coefficient (Wildman–Crippen LogP) is 2.58. The van der Waals surface area contributed by atoms with Crippen LogP contribution in [-0.4, -0.2) is 10.6 Å². The molecule has 0 unspecified atom stereocenters. The molecule has 0 fully saturated rings. The van der Waals surface area contributed by atoms with Crippen LogP contribution < -0.4 is 0 Å². The van der Waals surface area contributed by atoms with E-state index in [1.807, 2.05) is 13.3 Å². The highest BCUT2D eigenvalue weighted by atomic mass is 16.6. The molecule has 0 aliphatic carbocycles. The number of nitro groups is 1. The number of hydrogen-bond donors (Lipinski definition) is 1. The quantitative estimate of drug-likeness (QED) is 0.451. The summed E-state index contributed by atoms with van der Waals surface area (Å²) in [5.74, 6) is 0. The number of nitrogens with zero attached hydrogens (tertiary/aromatic N) is 1. The molecule has 1 N–H and O–H groups in total. The SMILES string of the molecule is C[CH]CC(=N)c1ccc([N+](=O)[O-])cc1. The van der Waals surface area contributed by atoms with Gasteiger partial charge in [0.1, 0.15) is 0 Å². The average molecular weight is 191 g/mol. The fraction of sp³-hybridized carbons (Fsp3) is 0.200. The summed E-state index contributed by atoms with van der Waals surface area (Å²) in [6.45, 7) is 1.87. The maximum absolute atomic E-state index is 10.4. The lowest BCUT2D eigenvalue weighted by Gasteiger charge is -2.00. The van der Waals surface area contributed by atoms with Crippen molar-refractivity contribution in [2.24, 2.45) is 0 Å². The summed E-state index contributed by atoms with van der Waals surface area (Å²) in [6, 6.07) is 6.03. The second-order valence-electron chi connectivity index (χ2n) is 2.89. The van der Waals surface area contributed by atoms with E-state index in [9.17, 15) is 10.1 Å². The smallest absolute Gasteiger partial charge is 0.269 e. The van der Waals surface area contributed by atoms with Gasteiger partial charge in [0.2, 0.25) is 0 Å². The Morgan fingerprint density at radius 1 is 1.50 bits per heavy atom. The Labute approximate surface area is 82.2 Å². The van der Waals surface area contributed by atoms with Crippen molar-refractivity contribution in [2.75, 3.05) is 0 Å². The van der Waals surface area contributed by atoms with Crippen molar-refractivity contribution in [1.29, 1.82) is 5.41 Å². The maximum Gasteiger partial charge on any atom is 0.269 e. The largest absolute Gasteiger partial charge is 0.305 e. The zero-order valence-corrected chi connectivity index (χ0v) is 7.86. The number of rotatable bonds is 4. The normalized spacial score (nSPS) is 9.79. The van der Waals surface area contributed by atoms with Crippen molar-refractivity contribution >= 4 is 11.4 Å². The third kappa shape index (κ3) is 2.39. The third-order valence-corrected chi connectivity index (χ3v) is 1.83. The van der Waals surface area contributed by atoms with E-state index in [0.29, 0.717) is 12.1 Å². The molecule has 4 nitrogen and oxygen atoms in total. The molecule has 0 spiro atoms. The highest BCUT2D eigenvalue weighted by Crippen LogP contribution is 2.13. The van der Waals surface area contributed by atoms with Gasteiger partial charge in [-0.3, -0.25) is 10.1 Å². The Hall–Kier alpha value is -1.71. The van der Waals surface area contributed by atoms with Crippen LogP contribution in [0.5, 0.6) is 0 Å². The van der Waals surface area contributed by atoms with Crippen molar-refractivity contribution in [1.82, 2.24) is 0 Å². The average Bonchev–Trinajstić information content (AvgIpc) is 2.18. The van der Waals surface area contributed by atoms with Crippen LogP contribution in [-0.2, 0) is 0 Å². The molecule has 0 aromatic heterocycles. The Balaban J connectivity index is 2.83. The monoisotopic (exact) mass is 191 g/mol. The molecule has 0 heterocycles. The van der Waals surface area contributed by atoms with Gasteiger partial charge >= 0.3 is 0 Å². The first-order chi connectivity index (χ1) is 6.65. The third-order valence-electron chi connectivity index (χ3n) is 1.83. The van der Waals surface area contributed by atoms with Crippen LogP contribution in [0.3, 0.4) is 0 Å². The van der Waals surface area contributed by atoms with Gasteiger partial charge in [-0.1, -0.05) is 6.92 Å². The molecule has 0 saturated carbocycles. The zero-order valence-electron chi connectivity index (χ0n) is 7.86. The minimum absolute atomic E-state index is 0.0574. The molecule has 0 saturated heterocycles. The van der Waals surface area contributed by atoms with Crippen molar-refractivity contribution in [2.45, 2.75) is 13.3 Å². The van der Waals surface area contributed by atoms with Crippen LogP contribution in [0.2, 0.25) is 0 Å². The molecule has 1 radical (unpaired) electrons. The maximum atomic E-state index is 10.4. The van der Waals surface area contributed by atoms with Crippen LogP contribution in [0.25, 0.3) is 0 Å². The predicted molar refractivity (Wildman–Crippen MR) is 54.5 cm³/mol. The molecule has 0 amide bonds. The van der Waals surface area contributed by atoms with Gasteiger partial charge in [-0.15, -0.1) is 0 Å². The van der Waals surface area contributed by atoms with E-state index in [1.54, 1.807) is 12.1 Å². The lowest BCUT2D eigenvalue weighted by atomic mass is 10.1. The second-order valence-corrected chi connectivity index (χ2v) is 2.89. The summed E-state index contributed by atoms with van der Waals surface area (Å²) in [4.78, 5) is 9.91. The summed E-state index contributed by atoms with van der Waals surface area (Å²) in [5.41, 5.74) is 1.26. The summed E-state index contributed by atoms with van der Waals surface area (Å²) in [7, 11) is 0. The van der Waals surface area contributed by atoms with E-state index in [2.05, 4.69) is 0 Å². The molecular weight excluding hydrogens is 180 g/mol. The number of nitrogens with one attached hydrogen (secondary N) is 1. The van der Waals surface area contributed by atoms with Crippen molar-refractivity contribution in [3.8, 4) is 0 Å².